The summed E-state index contributed by atoms with van der Waals surface area (Å²) in [6.45, 7) is 4.82. The van der Waals surface area contributed by atoms with Crippen LogP contribution >= 0.6 is 0 Å². The van der Waals surface area contributed by atoms with Gasteiger partial charge in [0.05, 0.1) is 17.9 Å². The minimum absolute atomic E-state index is 0.00328. The fourth-order valence-electron chi connectivity index (χ4n) is 7.45. The molecule has 2 N–H and O–H groups in total. The van der Waals surface area contributed by atoms with Crippen molar-refractivity contribution in [2.24, 2.45) is 39.7 Å². The maximum atomic E-state index is 10.4. The topological polar surface area (TPSA) is 62.0 Å². The lowest BCUT2D eigenvalue weighted by molar-refractivity contribution is -0.159. The normalized spacial score (nSPS) is 55.8. The Morgan fingerprint density at radius 1 is 1.12 bits per heavy atom. The van der Waals surface area contributed by atoms with Gasteiger partial charge >= 0.3 is 0 Å². The molecule has 0 aromatic carbocycles. The van der Waals surface area contributed by atoms with Crippen LogP contribution in [-0.4, -0.2) is 35.3 Å². The molecule has 4 aliphatic carbocycles. The molecule has 0 saturated heterocycles. The highest BCUT2D eigenvalue weighted by atomic mass is 16.5. The maximum absolute atomic E-state index is 10.4. The van der Waals surface area contributed by atoms with Crippen molar-refractivity contribution >= 4 is 5.71 Å². The smallest absolute Gasteiger partial charge is 0.0835 e. The molecule has 24 heavy (non-hydrogen) atoms. The van der Waals surface area contributed by atoms with Crippen LogP contribution in [0.5, 0.6) is 0 Å². The number of aliphatic hydroxyl groups is 1. The van der Waals surface area contributed by atoms with Crippen LogP contribution in [0.4, 0.5) is 0 Å². The standard InChI is InChI=1S/C20H33NO3/c1-19-9-8-15-13(14(19)6-7-18(19)21-23)5-4-12-10-16(22)17(24-3)11-20(12,15)2/h12-17,22-23H,4-11H2,1-3H3/b21-18-/t12-,13-,14-,15-,16-,17-,19-,20-/m0/s1. The van der Waals surface area contributed by atoms with E-state index in [2.05, 4.69) is 19.0 Å². The number of aliphatic hydroxyl groups excluding tert-OH is 1. The first-order valence-electron chi connectivity index (χ1n) is 9.86. The first-order valence-corrected chi connectivity index (χ1v) is 9.86. The van der Waals surface area contributed by atoms with Crippen molar-refractivity contribution in [3.63, 3.8) is 0 Å². The van der Waals surface area contributed by atoms with E-state index in [-0.39, 0.29) is 17.6 Å². The lowest BCUT2D eigenvalue weighted by atomic mass is 9.45. The first-order chi connectivity index (χ1) is 11.4. The molecule has 0 aromatic heterocycles. The molecule has 0 spiro atoms. The van der Waals surface area contributed by atoms with Crippen LogP contribution in [0.25, 0.3) is 0 Å². The molecule has 0 aliphatic heterocycles. The van der Waals surface area contributed by atoms with Crippen molar-refractivity contribution in [2.45, 2.75) is 77.4 Å². The average molecular weight is 335 g/mol. The quantitative estimate of drug-likeness (QED) is 0.565. The van der Waals surface area contributed by atoms with Gasteiger partial charge in [0.15, 0.2) is 0 Å². The molecule has 0 bridgehead atoms. The Morgan fingerprint density at radius 3 is 2.62 bits per heavy atom. The molecule has 4 heteroatoms. The highest BCUT2D eigenvalue weighted by Crippen LogP contribution is 2.65. The second kappa shape index (κ2) is 5.70. The van der Waals surface area contributed by atoms with Gasteiger partial charge in [-0.2, -0.15) is 0 Å². The Labute approximate surface area is 145 Å². The van der Waals surface area contributed by atoms with Crippen molar-refractivity contribution in [3.8, 4) is 0 Å². The van der Waals surface area contributed by atoms with Crippen LogP contribution in [-0.2, 0) is 4.74 Å². The molecule has 0 unspecified atom stereocenters. The Bertz CT molecular complexity index is 535. The van der Waals surface area contributed by atoms with Gasteiger partial charge in [0.25, 0.3) is 0 Å². The predicted molar refractivity (Wildman–Crippen MR) is 93.1 cm³/mol. The zero-order valence-corrected chi connectivity index (χ0v) is 15.4. The average Bonchev–Trinajstić information content (AvgIpc) is 2.91. The summed E-state index contributed by atoms with van der Waals surface area (Å²) in [5.74, 6) is 2.79. The number of rotatable bonds is 1. The lowest BCUT2D eigenvalue weighted by Gasteiger charge is -2.61. The molecule has 4 nitrogen and oxygen atoms in total. The van der Waals surface area contributed by atoms with E-state index in [1.807, 2.05) is 0 Å². The third kappa shape index (κ3) is 2.14. The van der Waals surface area contributed by atoms with Crippen LogP contribution in [0.2, 0.25) is 0 Å². The van der Waals surface area contributed by atoms with Crippen molar-refractivity contribution < 1.29 is 15.1 Å². The zero-order chi connectivity index (χ0) is 17.1. The van der Waals surface area contributed by atoms with E-state index < -0.39 is 0 Å². The molecule has 4 aliphatic rings. The summed E-state index contributed by atoms with van der Waals surface area (Å²) in [7, 11) is 1.75. The van der Waals surface area contributed by atoms with E-state index in [0.29, 0.717) is 17.3 Å². The van der Waals surface area contributed by atoms with Gasteiger partial charge in [0, 0.05) is 12.5 Å². The number of oxime groups is 1. The van der Waals surface area contributed by atoms with E-state index in [0.717, 1.165) is 43.2 Å². The van der Waals surface area contributed by atoms with Gasteiger partial charge in [0.1, 0.15) is 0 Å². The molecular weight excluding hydrogens is 302 g/mol. The highest BCUT2D eigenvalue weighted by molar-refractivity contribution is 5.91. The van der Waals surface area contributed by atoms with Gasteiger partial charge in [-0.25, -0.2) is 0 Å². The molecule has 4 fully saturated rings. The number of fused-ring (bicyclic) bond motifs is 5. The number of hydrogen-bond acceptors (Lipinski definition) is 4. The van der Waals surface area contributed by atoms with Crippen LogP contribution in [0.1, 0.15) is 65.2 Å². The van der Waals surface area contributed by atoms with E-state index in [1.54, 1.807) is 7.11 Å². The molecular formula is C20H33NO3. The van der Waals surface area contributed by atoms with Gasteiger partial charge in [-0.3, -0.25) is 0 Å². The fraction of sp³-hybridized carbons (Fsp3) is 0.950. The maximum Gasteiger partial charge on any atom is 0.0835 e. The molecule has 0 radical (unpaired) electrons. The second-order valence-electron chi connectivity index (χ2n) is 9.48. The van der Waals surface area contributed by atoms with Gasteiger partial charge in [-0.15, -0.1) is 0 Å². The van der Waals surface area contributed by atoms with Crippen LogP contribution in [0, 0.1) is 34.5 Å². The fourth-order valence-corrected chi connectivity index (χ4v) is 7.45. The summed E-state index contributed by atoms with van der Waals surface area (Å²) < 4.78 is 5.64. The molecule has 8 atom stereocenters. The minimum Gasteiger partial charge on any atom is -0.411 e. The van der Waals surface area contributed by atoms with Crippen molar-refractivity contribution in [1.82, 2.24) is 0 Å². The molecule has 0 aromatic rings. The summed E-state index contributed by atoms with van der Waals surface area (Å²) in [5, 5.41) is 23.5. The first kappa shape index (κ1) is 16.8. The molecule has 0 heterocycles. The van der Waals surface area contributed by atoms with Crippen LogP contribution in [0.3, 0.4) is 0 Å². The Hall–Kier alpha value is -0.610. The van der Waals surface area contributed by atoms with Gasteiger partial charge in [-0.1, -0.05) is 19.0 Å². The summed E-state index contributed by atoms with van der Waals surface area (Å²) in [4.78, 5) is 0. The van der Waals surface area contributed by atoms with E-state index >= 15 is 0 Å². The summed E-state index contributed by atoms with van der Waals surface area (Å²) in [6, 6.07) is 0. The largest absolute Gasteiger partial charge is 0.411 e. The van der Waals surface area contributed by atoms with Gasteiger partial charge < -0.3 is 15.1 Å². The van der Waals surface area contributed by atoms with Crippen LogP contribution < -0.4 is 0 Å². The second-order valence-corrected chi connectivity index (χ2v) is 9.48. The monoisotopic (exact) mass is 335 g/mol. The summed E-state index contributed by atoms with van der Waals surface area (Å²) >= 11 is 0. The third-order valence-electron chi connectivity index (χ3n) is 8.83. The Morgan fingerprint density at radius 2 is 1.92 bits per heavy atom. The minimum atomic E-state index is -0.293. The van der Waals surface area contributed by atoms with E-state index in [4.69, 9.17) is 4.74 Å². The lowest BCUT2D eigenvalue weighted by Crippen LogP contribution is -2.57. The van der Waals surface area contributed by atoms with Crippen LogP contribution in [0.15, 0.2) is 5.16 Å². The SMILES string of the molecule is CO[C@H]1C[C@@]2(C)[C@@H](CC[C@@H]3[C@@H]2CC[C@]2(C)/C(=N\O)CC[C@@H]32)C[C@@H]1O. The molecule has 4 saturated carbocycles. The third-order valence-corrected chi connectivity index (χ3v) is 8.83. The number of ether oxygens (including phenoxy) is 1. The van der Waals surface area contributed by atoms with Gasteiger partial charge in [0.2, 0.25) is 0 Å². The van der Waals surface area contributed by atoms with Crippen molar-refractivity contribution in [1.29, 1.82) is 0 Å². The molecule has 4 rings (SSSR count). The van der Waals surface area contributed by atoms with Gasteiger partial charge in [-0.05, 0) is 80.5 Å². The highest BCUT2D eigenvalue weighted by Gasteiger charge is 2.60. The predicted octanol–water partition coefficient (Wildman–Crippen LogP) is 3.85. The Kier molecular flexibility index (Phi) is 4.00. The van der Waals surface area contributed by atoms with Crippen molar-refractivity contribution in [3.05, 3.63) is 0 Å². The van der Waals surface area contributed by atoms with E-state index in [9.17, 15) is 10.3 Å². The number of nitrogens with zero attached hydrogens (tertiary/aromatic N) is 1. The molecule has 0 amide bonds. The van der Waals surface area contributed by atoms with Crippen molar-refractivity contribution in [2.75, 3.05) is 7.11 Å². The van der Waals surface area contributed by atoms with E-state index in [1.165, 1.54) is 25.7 Å². The molecule has 136 valence electrons. The number of hydrogen-bond donors (Lipinski definition) is 2. The summed E-state index contributed by atoms with van der Waals surface area (Å²) in [5.41, 5.74) is 1.46. The Balaban J connectivity index is 1.63. The number of methoxy groups -OCH3 is 1. The summed E-state index contributed by atoms with van der Waals surface area (Å²) in [6.07, 6.45) is 8.68. The zero-order valence-electron chi connectivity index (χ0n) is 15.4.